The summed E-state index contributed by atoms with van der Waals surface area (Å²) in [6, 6.07) is 1.38. The second-order valence-corrected chi connectivity index (χ2v) is 3.47. The summed E-state index contributed by atoms with van der Waals surface area (Å²) < 4.78 is 0. The van der Waals surface area contributed by atoms with Crippen LogP contribution in [0.25, 0.3) is 0 Å². The highest BCUT2D eigenvalue weighted by molar-refractivity contribution is 5.87. The fraction of sp³-hybridized carbons (Fsp3) is 0.444. The van der Waals surface area contributed by atoms with Crippen LogP contribution in [-0.4, -0.2) is 47.1 Å². The van der Waals surface area contributed by atoms with Gasteiger partial charge in [0.05, 0.1) is 0 Å². The minimum atomic E-state index is -0.188. The van der Waals surface area contributed by atoms with E-state index in [0.29, 0.717) is 18.9 Å². The third kappa shape index (κ3) is 2.57. The quantitative estimate of drug-likeness (QED) is 0.595. The van der Waals surface area contributed by atoms with Gasteiger partial charge >= 0.3 is 6.03 Å². The van der Waals surface area contributed by atoms with Crippen molar-refractivity contribution in [1.29, 1.82) is 0 Å². The summed E-state index contributed by atoms with van der Waals surface area (Å²) in [7, 11) is 0. The van der Waals surface area contributed by atoms with Crippen molar-refractivity contribution in [3.63, 3.8) is 0 Å². The van der Waals surface area contributed by atoms with Crippen molar-refractivity contribution in [3.05, 3.63) is 12.3 Å². The first-order valence-electron chi connectivity index (χ1n) is 5.11. The Morgan fingerprint density at radius 1 is 1.50 bits per heavy atom. The van der Waals surface area contributed by atoms with Gasteiger partial charge in [-0.2, -0.15) is 4.98 Å². The second-order valence-electron chi connectivity index (χ2n) is 3.47. The molecule has 86 valence electrons. The van der Waals surface area contributed by atoms with Gasteiger partial charge in [-0.25, -0.2) is 9.78 Å². The molecule has 1 saturated heterocycles. The zero-order chi connectivity index (χ0) is 11.4. The fourth-order valence-electron chi connectivity index (χ4n) is 1.48. The number of carbonyl (C=O) groups is 1. The summed E-state index contributed by atoms with van der Waals surface area (Å²) in [6.07, 6.45) is 1.51. The fourth-order valence-corrected chi connectivity index (χ4v) is 1.48. The second kappa shape index (κ2) is 4.75. The summed E-state index contributed by atoms with van der Waals surface area (Å²) in [6.45, 7) is 3.00. The molecule has 2 amide bonds. The van der Waals surface area contributed by atoms with Gasteiger partial charge in [0.25, 0.3) is 0 Å². The molecule has 0 bridgehead atoms. The Kier molecular flexibility index (Phi) is 3.16. The van der Waals surface area contributed by atoms with E-state index >= 15 is 0 Å². The number of amides is 2. The standard InChI is InChI=1S/C9H14N6O/c10-7-1-2-12-8(13-7)14-9(16)15-5-3-11-4-6-15/h1-2,11H,3-6H2,(H3,10,12,13,14,16). The van der Waals surface area contributed by atoms with E-state index in [1.807, 2.05) is 0 Å². The Bertz CT molecular complexity index is 376. The van der Waals surface area contributed by atoms with Crippen LogP contribution in [-0.2, 0) is 0 Å². The summed E-state index contributed by atoms with van der Waals surface area (Å²) >= 11 is 0. The maximum Gasteiger partial charge on any atom is 0.324 e. The zero-order valence-electron chi connectivity index (χ0n) is 8.81. The number of rotatable bonds is 1. The van der Waals surface area contributed by atoms with Crippen LogP contribution in [0.4, 0.5) is 16.6 Å². The lowest BCUT2D eigenvalue weighted by molar-refractivity contribution is 0.203. The van der Waals surface area contributed by atoms with Gasteiger partial charge < -0.3 is 16.0 Å². The first kappa shape index (κ1) is 10.6. The van der Waals surface area contributed by atoms with Crippen molar-refractivity contribution in [1.82, 2.24) is 20.2 Å². The number of nitrogens with zero attached hydrogens (tertiary/aromatic N) is 3. The Labute approximate surface area is 93.1 Å². The van der Waals surface area contributed by atoms with Crippen molar-refractivity contribution in [2.75, 3.05) is 37.2 Å². The number of anilines is 2. The lowest BCUT2D eigenvalue weighted by atomic mass is 10.4. The predicted molar refractivity (Wildman–Crippen MR) is 59.9 cm³/mol. The van der Waals surface area contributed by atoms with E-state index in [4.69, 9.17) is 5.73 Å². The molecule has 4 N–H and O–H groups in total. The average Bonchev–Trinajstić information content (AvgIpc) is 2.30. The van der Waals surface area contributed by atoms with Gasteiger partial charge in [-0.05, 0) is 6.07 Å². The molecule has 0 radical (unpaired) electrons. The third-order valence-corrected chi connectivity index (χ3v) is 2.30. The average molecular weight is 222 g/mol. The van der Waals surface area contributed by atoms with Crippen LogP contribution in [0, 0.1) is 0 Å². The molecule has 0 saturated carbocycles. The lowest BCUT2D eigenvalue weighted by Gasteiger charge is -2.27. The number of urea groups is 1. The monoisotopic (exact) mass is 222 g/mol. The van der Waals surface area contributed by atoms with Gasteiger partial charge in [0.2, 0.25) is 5.95 Å². The summed E-state index contributed by atoms with van der Waals surface area (Å²) in [5.74, 6) is 0.578. The van der Waals surface area contributed by atoms with Crippen LogP contribution in [0.5, 0.6) is 0 Å². The van der Waals surface area contributed by atoms with Crippen LogP contribution in [0.2, 0.25) is 0 Å². The molecule has 0 unspecified atom stereocenters. The molecule has 7 heteroatoms. The van der Waals surface area contributed by atoms with Crippen molar-refractivity contribution >= 4 is 17.8 Å². The van der Waals surface area contributed by atoms with Crippen LogP contribution in [0.15, 0.2) is 12.3 Å². The molecule has 0 atom stereocenters. The minimum absolute atomic E-state index is 0.188. The molecule has 2 rings (SSSR count). The van der Waals surface area contributed by atoms with Crippen molar-refractivity contribution in [3.8, 4) is 0 Å². The molecule has 1 aromatic rings. The SMILES string of the molecule is Nc1ccnc(NC(=O)N2CCNCC2)n1. The van der Waals surface area contributed by atoms with Crippen LogP contribution < -0.4 is 16.4 Å². The molecule has 0 spiro atoms. The van der Waals surface area contributed by atoms with E-state index < -0.39 is 0 Å². The first-order valence-corrected chi connectivity index (χ1v) is 5.11. The van der Waals surface area contributed by atoms with Gasteiger partial charge in [0.15, 0.2) is 0 Å². The molecule has 7 nitrogen and oxygen atoms in total. The van der Waals surface area contributed by atoms with E-state index in [-0.39, 0.29) is 12.0 Å². The summed E-state index contributed by atoms with van der Waals surface area (Å²) in [5.41, 5.74) is 5.49. The number of piperazine rings is 1. The van der Waals surface area contributed by atoms with Crippen molar-refractivity contribution < 1.29 is 4.79 Å². The lowest BCUT2D eigenvalue weighted by Crippen LogP contribution is -2.48. The molecule has 1 fully saturated rings. The molecule has 0 aliphatic carbocycles. The van der Waals surface area contributed by atoms with Crippen LogP contribution in [0.3, 0.4) is 0 Å². The Balaban J connectivity index is 1.96. The highest BCUT2D eigenvalue weighted by atomic mass is 16.2. The van der Waals surface area contributed by atoms with E-state index in [2.05, 4.69) is 20.6 Å². The highest BCUT2D eigenvalue weighted by Crippen LogP contribution is 2.03. The Hall–Kier alpha value is -1.89. The molecule has 1 aliphatic heterocycles. The molecule has 16 heavy (non-hydrogen) atoms. The normalized spacial score (nSPS) is 15.9. The Morgan fingerprint density at radius 3 is 2.94 bits per heavy atom. The van der Waals surface area contributed by atoms with E-state index in [0.717, 1.165) is 13.1 Å². The van der Waals surface area contributed by atoms with E-state index in [1.54, 1.807) is 11.0 Å². The molecule has 2 heterocycles. The van der Waals surface area contributed by atoms with Gasteiger partial charge in [-0.3, -0.25) is 5.32 Å². The van der Waals surface area contributed by atoms with Crippen molar-refractivity contribution in [2.24, 2.45) is 0 Å². The van der Waals surface area contributed by atoms with Gasteiger partial charge in [0.1, 0.15) is 5.82 Å². The zero-order valence-corrected chi connectivity index (χ0v) is 8.81. The van der Waals surface area contributed by atoms with Gasteiger partial charge in [0, 0.05) is 32.4 Å². The van der Waals surface area contributed by atoms with Crippen LogP contribution in [0.1, 0.15) is 0 Å². The molecular weight excluding hydrogens is 208 g/mol. The Morgan fingerprint density at radius 2 is 2.25 bits per heavy atom. The smallest absolute Gasteiger partial charge is 0.324 e. The molecule has 0 aromatic carbocycles. The molecular formula is C9H14N6O. The largest absolute Gasteiger partial charge is 0.384 e. The van der Waals surface area contributed by atoms with E-state index in [1.165, 1.54) is 6.20 Å². The topological polar surface area (TPSA) is 96.2 Å². The first-order chi connectivity index (χ1) is 7.75. The van der Waals surface area contributed by atoms with Gasteiger partial charge in [-0.1, -0.05) is 0 Å². The highest BCUT2D eigenvalue weighted by Gasteiger charge is 2.16. The van der Waals surface area contributed by atoms with E-state index in [9.17, 15) is 4.79 Å². The number of nitrogen functional groups attached to an aromatic ring is 1. The summed E-state index contributed by atoms with van der Waals surface area (Å²) in [5, 5.41) is 5.78. The molecule has 1 aromatic heterocycles. The number of hydrogen-bond acceptors (Lipinski definition) is 5. The number of hydrogen-bond donors (Lipinski definition) is 3. The van der Waals surface area contributed by atoms with Gasteiger partial charge in [-0.15, -0.1) is 0 Å². The molecule has 1 aliphatic rings. The maximum absolute atomic E-state index is 11.7. The number of nitrogens with two attached hydrogens (primary N) is 1. The van der Waals surface area contributed by atoms with Crippen LogP contribution >= 0.6 is 0 Å². The third-order valence-electron chi connectivity index (χ3n) is 2.30. The number of aromatic nitrogens is 2. The predicted octanol–water partition coefficient (Wildman–Crippen LogP) is -0.504. The summed E-state index contributed by atoms with van der Waals surface area (Å²) in [4.78, 5) is 21.3. The maximum atomic E-state index is 11.7. The minimum Gasteiger partial charge on any atom is -0.384 e. The number of carbonyl (C=O) groups excluding carboxylic acids is 1. The van der Waals surface area contributed by atoms with Crippen molar-refractivity contribution in [2.45, 2.75) is 0 Å². The number of nitrogens with one attached hydrogen (secondary N) is 2.